The molecule has 0 radical (unpaired) electrons. The van der Waals surface area contributed by atoms with E-state index in [0.717, 1.165) is 38.5 Å². The van der Waals surface area contributed by atoms with E-state index in [1.807, 2.05) is 0 Å². The topological polar surface area (TPSA) is 71.1 Å². The van der Waals surface area contributed by atoms with Crippen LogP contribution in [0.15, 0.2) is 0 Å². The van der Waals surface area contributed by atoms with E-state index < -0.39 is 12.3 Å². The fourth-order valence-corrected chi connectivity index (χ4v) is 1.35. The molecule has 0 aromatic rings. The first-order chi connectivity index (χ1) is 9.70. The molecule has 0 aliphatic carbocycles. The average Bonchev–Trinajstić information content (AvgIpc) is 2.92. The van der Waals surface area contributed by atoms with Gasteiger partial charge in [0.15, 0.2) is 0 Å². The summed E-state index contributed by atoms with van der Waals surface area (Å²) in [4.78, 5) is 20.7. The van der Waals surface area contributed by atoms with Gasteiger partial charge in [-0.25, -0.2) is 9.59 Å². The Balaban J connectivity index is 0.000000493. The van der Waals surface area contributed by atoms with Crippen LogP contribution in [0.5, 0.6) is 0 Å². The van der Waals surface area contributed by atoms with Crippen molar-refractivity contribution in [3.8, 4) is 0 Å². The van der Waals surface area contributed by atoms with Crippen LogP contribution in [0.3, 0.4) is 0 Å². The Morgan fingerprint density at radius 2 is 1.40 bits per heavy atom. The van der Waals surface area contributed by atoms with Crippen LogP contribution in [-0.4, -0.2) is 38.7 Å². The average molecular weight is 290 g/mol. The Morgan fingerprint density at radius 1 is 0.950 bits per heavy atom. The SMILES string of the molecule is CCCCCOC(=O)OCCCCC.O=C1OCCO1. The van der Waals surface area contributed by atoms with E-state index in [0.29, 0.717) is 26.4 Å². The van der Waals surface area contributed by atoms with Crippen molar-refractivity contribution in [1.82, 2.24) is 0 Å². The lowest BCUT2D eigenvalue weighted by molar-refractivity contribution is 0.0530. The third-order valence-corrected chi connectivity index (χ3v) is 2.46. The zero-order valence-corrected chi connectivity index (χ0v) is 12.5. The number of carbonyl (C=O) groups is 2. The number of hydrogen-bond acceptors (Lipinski definition) is 6. The molecule has 0 bridgehead atoms. The van der Waals surface area contributed by atoms with Gasteiger partial charge < -0.3 is 18.9 Å². The predicted octanol–water partition coefficient (Wildman–Crippen LogP) is 3.67. The van der Waals surface area contributed by atoms with Crippen LogP contribution in [-0.2, 0) is 18.9 Å². The number of rotatable bonds is 8. The molecule has 0 unspecified atom stereocenters. The molecule has 0 spiro atoms. The summed E-state index contributed by atoms with van der Waals surface area (Å²) in [6.45, 7) is 6.03. The normalized spacial score (nSPS) is 12.8. The van der Waals surface area contributed by atoms with Crippen LogP contribution in [0.25, 0.3) is 0 Å². The molecule has 1 rings (SSSR count). The lowest BCUT2D eigenvalue weighted by Gasteiger charge is -2.05. The maximum Gasteiger partial charge on any atom is 0.508 e. The molecule has 0 atom stereocenters. The predicted molar refractivity (Wildman–Crippen MR) is 73.7 cm³/mol. The number of hydrogen-bond donors (Lipinski definition) is 0. The minimum atomic E-state index is -0.546. The second kappa shape index (κ2) is 14.0. The van der Waals surface area contributed by atoms with Crippen molar-refractivity contribution < 1.29 is 28.5 Å². The van der Waals surface area contributed by atoms with Crippen molar-refractivity contribution in [3.63, 3.8) is 0 Å². The van der Waals surface area contributed by atoms with Gasteiger partial charge in [-0.2, -0.15) is 0 Å². The van der Waals surface area contributed by atoms with E-state index in [9.17, 15) is 9.59 Å². The second-order valence-corrected chi connectivity index (χ2v) is 4.31. The first kappa shape index (κ1) is 18.5. The molecule has 20 heavy (non-hydrogen) atoms. The maximum absolute atomic E-state index is 10.9. The molecule has 0 amide bonds. The number of unbranched alkanes of at least 4 members (excludes halogenated alkanes) is 4. The zero-order chi connectivity index (χ0) is 15.1. The smallest absolute Gasteiger partial charge is 0.434 e. The molecule has 1 aliphatic heterocycles. The number of cyclic esters (lactones) is 2. The summed E-state index contributed by atoms with van der Waals surface area (Å²) >= 11 is 0. The van der Waals surface area contributed by atoms with Gasteiger partial charge in [0, 0.05) is 0 Å². The lowest BCUT2D eigenvalue weighted by atomic mass is 10.3. The van der Waals surface area contributed by atoms with Gasteiger partial charge >= 0.3 is 12.3 Å². The first-order valence-corrected chi connectivity index (χ1v) is 7.29. The van der Waals surface area contributed by atoms with E-state index in [1.165, 1.54) is 0 Å². The minimum Gasteiger partial charge on any atom is -0.434 e. The summed E-state index contributed by atoms with van der Waals surface area (Å²) in [6.07, 6.45) is 5.27. The van der Waals surface area contributed by atoms with Gasteiger partial charge in [-0.05, 0) is 12.8 Å². The van der Waals surface area contributed by atoms with Crippen LogP contribution in [0, 0.1) is 0 Å². The van der Waals surface area contributed by atoms with Gasteiger partial charge in [-0.1, -0.05) is 39.5 Å². The van der Waals surface area contributed by atoms with Crippen molar-refractivity contribution in [2.45, 2.75) is 52.4 Å². The maximum atomic E-state index is 10.9. The summed E-state index contributed by atoms with van der Waals surface area (Å²) in [6, 6.07) is 0. The molecule has 6 heteroatoms. The first-order valence-electron chi connectivity index (χ1n) is 7.29. The van der Waals surface area contributed by atoms with Gasteiger partial charge in [0.25, 0.3) is 0 Å². The molecule has 6 nitrogen and oxygen atoms in total. The Hall–Kier alpha value is -1.46. The molecule has 0 saturated carbocycles. The minimum absolute atomic E-state index is 0.416. The molecule has 0 aromatic heterocycles. The van der Waals surface area contributed by atoms with E-state index in [2.05, 4.69) is 23.3 Å². The summed E-state index contributed by atoms with van der Waals surface area (Å²) in [5.74, 6) is 0. The zero-order valence-electron chi connectivity index (χ0n) is 12.5. The highest BCUT2D eigenvalue weighted by Crippen LogP contribution is 1.98. The second-order valence-electron chi connectivity index (χ2n) is 4.31. The molecule has 1 aliphatic rings. The van der Waals surface area contributed by atoms with E-state index >= 15 is 0 Å². The molecule has 118 valence electrons. The highest BCUT2D eigenvalue weighted by atomic mass is 16.8. The fourth-order valence-electron chi connectivity index (χ4n) is 1.35. The molecule has 1 fully saturated rings. The van der Waals surface area contributed by atoms with Crippen LogP contribution < -0.4 is 0 Å². The quantitative estimate of drug-likeness (QED) is 0.501. The fraction of sp³-hybridized carbons (Fsp3) is 0.857. The van der Waals surface area contributed by atoms with Crippen molar-refractivity contribution in [3.05, 3.63) is 0 Å². The lowest BCUT2D eigenvalue weighted by Crippen LogP contribution is -2.09. The van der Waals surface area contributed by atoms with Crippen LogP contribution in [0.1, 0.15) is 52.4 Å². The monoisotopic (exact) mass is 290 g/mol. The highest BCUT2D eigenvalue weighted by molar-refractivity contribution is 5.61. The summed E-state index contributed by atoms with van der Waals surface area (Å²) in [5.41, 5.74) is 0. The molecular weight excluding hydrogens is 264 g/mol. The van der Waals surface area contributed by atoms with Gasteiger partial charge in [-0.15, -0.1) is 0 Å². The third kappa shape index (κ3) is 13.0. The van der Waals surface area contributed by atoms with Crippen LogP contribution in [0.4, 0.5) is 9.59 Å². The Bertz CT molecular complexity index is 232. The molecule has 0 N–H and O–H groups in total. The Labute approximate surface area is 120 Å². The number of carbonyl (C=O) groups excluding carboxylic acids is 2. The van der Waals surface area contributed by atoms with Crippen molar-refractivity contribution in [2.24, 2.45) is 0 Å². The van der Waals surface area contributed by atoms with E-state index in [4.69, 9.17) is 9.47 Å². The summed E-state index contributed by atoms with van der Waals surface area (Å²) < 4.78 is 18.3. The van der Waals surface area contributed by atoms with Gasteiger partial charge in [0.2, 0.25) is 0 Å². The third-order valence-electron chi connectivity index (χ3n) is 2.46. The number of ether oxygens (including phenoxy) is 4. The van der Waals surface area contributed by atoms with Crippen molar-refractivity contribution >= 4 is 12.3 Å². The Kier molecular flexibility index (Phi) is 12.9. The van der Waals surface area contributed by atoms with Crippen LogP contribution >= 0.6 is 0 Å². The Morgan fingerprint density at radius 3 is 1.70 bits per heavy atom. The van der Waals surface area contributed by atoms with Gasteiger partial charge in [0.05, 0.1) is 13.2 Å². The van der Waals surface area contributed by atoms with Crippen molar-refractivity contribution in [1.29, 1.82) is 0 Å². The highest BCUT2D eigenvalue weighted by Gasteiger charge is 2.09. The van der Waals surface area contributed by atoms with Crippen LogP contribution in [0.2, 0.25) is 0 Å². The molecule has 1 saturated heterocycles. The van der Waals surface area contributed by atoms with Crippen molar-refractivity contribution in [2.75, 3.05) is 26.4 Å². The summed E-state index contributed by atoms with van der Waals surface area (Å²) in [7, 11) is 0. The molecule has 1 heterocycles. The summed E-state index contributed by atoms with van der Waals surface area (Å²) in [5, 5.41) is 0. The standard InChI is InChI=1S/C11H22O3.C3H4O3/c1-3-5-7-9-13-11(12)14-10-8-6-4-2;4-3-5-1-2-6-3/h3-10H2,1-2H3;1-2H2. The van der Waals surface area contributed by atoms with Gasteiger partial charge in [-0.3, -0.25) is 0 Å². The molecule has 0 aromatic carbocycles. The molecular formula is C14H26O6. The van der Waals surface area contributed by atoms with E-state index in [-0.39, 0.29) is 0 Å². The largest absolute Gasteiger partial charge is 0.508 e. The van der Waals surface area contributed by atoms with E-state index in [1.54, 1.807) is 0 Å². The van der Waals surface area contributed by atoms with Gasteiger partial charge in [0.1, 0.15) is 13.2 Å².